The van der Waals surface area contributed by atoms with E-state index in [1.165, 1.54) is 6.07 Å². The summed E-state index contributed by atoms with van der Waals surface area (Å²) in [7, 11) is 0. The smallest absolute Gasteiger partial charge is 0.163 e. The average molecular weight is 284 g/mol. The predicted octanol–water partition coefficient (Wildman–Crippen LogP) is 3.48. The Bertz CT molecular complexity index is 411. The van der Waals surface area contributed by atoms with Crippen LogP contribution in [0.25, 0.3) is 0 Å². The number of nitrogens with two attached hydrogens (primary N) is 1. The molecule has 1 aromatic carbocycles. The number of halogens is 2. The maximum absolute atomic E-state index is 13.8. The van der Waals surface area contributed by atoms with Crippen LogP contribution >= 0.6 is 0 Å². The number of rotatable bonds is 7. The summed E-state index contributed by atoms with van der Waals surface area (Å²) >= 11 is 0. The van der Waals surface area contributed by atoms with Gasteiger partial charge in [-0.3, -0.25) is 0 Å². The van der Waals surface area contributed by atoms with Gasteiger partial charge in [0, 0.05) is 18.2 Å². The van der Waals surface area contributed by atoms with Crippen molar-refractivity contribution in [1.82, 2.24) is 5.32 Å². The van der Waals surface area contributed by atoms with E-state index in [9.17, 15) is 8.78 Å². The summed E-state index contributed by atoms with van der Waals surface area (Å²) in [6.07, 6.45) is 0. The Labute approximate surface area is 120 Å². The predicted molar refractivity (Wildman–Crippen MR) is 79.3 cm³/mol. The number of benzene rings is 1. The Morgan fingerprint density at radius 1 is 1.10 bits per heavy atom. The van der Waals surface area contributed by atoms with Gasteiger partial charge in [-0.2, -0.15) is 0 Å². The molecule has 0 fully saturated rings. The first-order valence-corrected chi connectivity index (χ1v) is 7.25. The molecule has 0 spiro atoms. The van der Waals surface area contributed by atoms with E-state index >= 15 is 0 Å². The highest BCUT2D eigenvalue weighted by molar-refractivity contribution is 5.22. The topological polar surface area (TPSA) is 38.0 Å². The van der Waals surface area contributed by atoms with Crippen LogP contribution in [0.4, 0.5) is 8.78 Å². The van der Waals surface area contributed by atoms with E-state index in [1.807, 2.05) is 0 Å². The molecular formula is C16H26F2N2. The van der Waals surface area contributed by atoms with Gasteiger partial charge in [0.05, 0.1) is 0 Å². The molecule has 0 amide bonds. The van der Waals surface area contributed by atoms with Crippen molar-refractivity contribution in [2.45, 2.75) is 33.7 Å². The molecule has 1 atom stereocenters. The zero-order valence-electron chi connectivity index (χ0n) is 12.8. The number of hydrogen-bond acceptors (Lipinski definition) is 2. The zero-order chi connectivity index (χ0) is 15.3. The van der Waals surface area contributed by atoms with Crippen LogP contribution in [0, 0.1) is 29.4 Å². The lowest BCUT2D eigenvalue weighted by atomic mass is 9.85. The van der Waals surface area contributed by atoms with Gasteiger partial charge >= 0.3 is 0 Å². The van der Waals surface area contributed by atoms with Crippen LogP contribution in [0.1, 0.15) is 39.3 Å². The van der Waals surface area contributed by atoms with Crippen LogP contribution in [0.2, 0.25) is 0 Å². The second-order valence-corrected chi connectivity index (χ2v) is 5.99. The first kappa shape index (κ1) is 17.1. The highest BCUT2D eigenvalue weighted by atomic mass is 19.2. The SMILES string of the molecule is CC(C)C(CNC(CN)c1cccc(F)c1F)C(C)C. The standard InChI is InChI=1S/C16H26F2N2/c1-10(2)13(11(3)4)9-20-15(8-19)12-6-5-7-14(17)16(12)18/h5-7,10-11,13,15,20H,8-9,19H2,1-4H3. The first-order valence-electron chi connectivity index (χ1n) is 7.25. The summed E-state index contributed by atoms with van der Waals surface area (Å²) in [5.41, 5.74) is 6.01. The fourth-order valence-electron chi connectivity index (χ4n) is 2.63. The molecule has 0 radical (unpaired) electrons. The monoisotopic (exact) mass is 284 g/mol. The van der Waals surface area contributed by atoms with Gasteiger partial charge in [0.15, 0.2) is 11.6 Å². The molecule has 4 heteroatoms. The molecule has 2 nitrogen and oxygen atoms in total. The van der Waals surface area contributed by atoms with E-state index in [-0.39, 0.29) is 12.6 Å². The van der Waals surface area contributed by atoms with Gasteiger partial charge in [0.2, 0.25) is 0 Å². The third-order valence-corrected chi connectivity index (χ3v) is 3.91. The fraction of sp³-hybridized carbons (Fsp3) is 0.625. The molecule has 0 aliphatic heterocycles. The highest BCUT2D eigenvalue weighted by Crippen LogP contribution is 2.23. The van der Waals surface area contributed by atoms with Gasteiger partial charge < -0.3 is 11.1 Å². The lowest BCUT2D eigenvalue weighted by Crippen LogP contribution is -2.36. The fourth-order valence-corrected chi connectivity index (χ4v) is 2.63. The van der Waals surface area contributed by atoms with E-state index in [0.717, 1.165) is 12.6 Å². The van der Waals surface area contributed by atoms with Gasteiger partial charge in [-0.05, 0) is 30.4 Å². The van der Waals surface area contributed by atoms with Crippen LogP contribution < -0.4 is 11.1 Å². The number of nitrogens with one attached hydrogen (secondary N) is 1. The highest BCUT2D eigenvalue weighted by Gasteiger charge is 2.21. The third kappa shape index (κ3) is 4.25. The van der Waals surface area contributed by atoms with Crippen molar-refractivity contribution < 1.29 is 8.78 Å². The molecule has 3 N–H and O–H groups in total. The molecular weight excluding hydrogens is 258 g/mol. The summed E-state index contributed by atoms with van der Waals surface area (Å²) in [4.78, 5) is 0. The van der Waals surface area contributed by atoms with E-state index < -0.39 is 11.6 Å². The summed E-state index contributed by atoms with van der Waals surface area (Å²) in [5, 5.41) is 3.28. The van der Waals surface area contributed by atoms with Crippen molar-refractivity contribution in [3.05, 3.63) is 35.4 Å². The molecule has 0 saturated heterocycles. The minimum atomic E-state index is -0.827. The molecule has 114 valence electrons. The van der Waals surface area contributed by atoms with E-state index in [2.05, 4.69) is 33.0 Å². The maximum Gasteiger partial charge on any atom is 0.163 e. The molecule has 0 saturated carbocycles. The molecule has 1 unspecified atom stereocenters. The Morgan fingerprint density at radius 3 is 2.20 bits per heavy atom. The zero-order valence-corrected chi connectivity index (χ0v) is 12.8. The minimum absolute atomic E-state index is 0.239. The molecule has 0 heterocycles. The maximum atomic E-state index is 13.8. The molecule has 1 rings (SSSR count). The van der Waals surface area contributed by atoms with E-state index in [0.29, 0.717) is 23.3 Å². The van der Waals surface area contributed by atoms with Gasteiger partial charge in [0.25, 0.3) is 0 Å². The average Bonchev–Trinajstić information content (AvgIpc) is 2.37. The van der Waals surface area contributed by atoms with Crippen molar-refractivity contribution >= 4 is 0 Å². The van der Waals surface area contributed by atoms with Crippen LogP contribution in [0.3, 0.4) is 0 Å². The molecule has 20 heavy (non-hydrogen) atoms. The van der Waals surface area contributed by atoms with Gasteiger partial charge in [-0.1, -0.05) is 39.8 Å². The summed E-state index contributed by atoms with van der Waals surface area (Å²) in [5.74, 6) is -0.106. The summed E-state index contributed by atoms with van der Waals surface area (Å²) in [6, 6.07) is 3.87. The van der Waals surface area contributed by atoms with Crippen LogP contribution in [-0.2, 0) is 0 Å². The molecule has 0 aromatic heterocycles. The van der Waals surface area contributed by atoms with Gasteiger partial charge in [0.1, 0.15) is 0 Å². The van der Waals surface area contributed by atoms with Crippen molar-refractivity contribution in [3.63, 3.8) is 0 Å². The van der Waals surface area contributed by atoms with Crippen molar-refractivity contribution in [2.24, 2.45) is 23.5 Å². The van der Waals surface area contributed by atoms with Crippen molar-refractivity contribution in [1.29, 1.82) is 0 Å². The normalized spacial score (nSPS) is 13.5. The van der Waals surface area contributed by atoms with Crippen molar-refractivity contribution in [3.8, 4) is 0 Å². The molecule has 1 aromatic rings. The van der Waals surface area contributed by atoms with E-state index in [4.69, 9.17) is 5.73 Å². The Morgan fingerprint density at radius 2 is 1.70 bits per heavy atom. The van der Waals surface area contributed by atoms with Crippen molar-refractivity contribution in [2.75, 3.05) is 13.1 Å². The quantitative estimate of drug-likeness (QED) is 0.804. The minimum Gasteiger partial charge on any atom is -0.329 e. The Balaban J connectivity index is 2.79. The molecule has 0 bridgehead atoms. The molecule has 0 aliphatic rings. The summed E-state index contributed by atoms with van der Waals surface area (Å²) < 4.78 is 27.1. The second-order valence-electron chi connectivity index (χ2n) is 5.99. The largest absolute Gasteiger partial charge is 0.329 e. The Hall–Kier alpha value is -1.00. The van der Waals surface area contributed by atoms with E-state index in [1.54, 1.807) is 6.07 Å². The lowest BCUT2D eigenvalue weighted by Gasteiger charge is -2.28. The summed E-state index contributed by atoms with van der Waals surface area (Å²) in [6.45, 7) is 9.68. The number of hydrogen-bond donors (Lipinski definition) is 2. The third-order valence-electron chi connectivity index (χ3n) is 3.91. The second kappa shape index (κ2) is 7.70. The van der Waals surface area contributed by atoms with Gasteiger partial charge in [-0.25, -0.2) is 8.78 Å². The Kier molecular flexibility index (Phi) is 6.56. The van der Waals surface area contributed by atoms with Crippen LogP contribution in [0.5, 0.6) is 0 Å². The first-order chi connectivity index (χ1) is 9.38. The van der Waals surface area contributed by atoms with Gasteiger partial charge in [-0.15, -0.1) is 0 Å². The molecule has 0 aliphatic carbocycles. The van der Waals surface area contributed by atoms with Crippen LogP contribution in [0.15, 0.2) is 18.2 Å². The van der Waals surface area contributed by atoms with Crippen LogP contribution in [-0.4, -0.2) is 13.1 Å². The lowest BCUT2D eigenvalue weighted by molar-refractivity contribution is 0.265.